The standard InChI is InChI=1S/C13H18N4O2/c14-13(16-19)12-11(2-1-5-15-12)17-8-3-4-9(17)7-10(18)6-8/h1-2,5,8-10,18-19H,3-4,6-7H2,(H2,14,16). The smallest absolute Gasteiger partial charge is 0.190 e. The SMILES string of the molecule is N/C(=N/O)c1ncccc1N1C2CCC1CC(O)C2. The molecule has 6 nitrogen and oxygen atoms in total. The van der Waals surface area contributed by atoms with Crippen molar-refractivity contribution in [2.45, 2.75) is 43.9 Å². The zero-order valence-corrected chi connectivity index (χ0v) is 10.6. The van der Waals surface area contributed by atoms with Crippen LogP contribution in [0.3, 0.4) is 0 Å². The third kappa shape index (κ3) is 2.02. The Labute approximate surface area is 111 Å². The number of oxime groups is 1. The number of aliphatic hydroxyl groups is 1. The first-order valence-electron chi connectivity index (χ1n) is 6.60. The van der Waals surface area contributed by atoms with Crippen LogP contribution in [0.25, 0.3) is 0 Å². The van der Waals surface area contributed by atoms with E-state index in [-0.39, 0.29) is 11.9 Å². The molecule has 1 aromatic rings. The zero-order valence-electron chi connectivity index (χ0n) is 10.6. The van der Waals surface area contributed by atoms with Gasteiger partial charge in [0.2, 0.25) is 0 Å². The van der Waals surface area contributed by atoms with Crippen LogP contribution in [0, 0.1) is 0 Å². The van der Waals surface area contributed by atoms with E-state index in [9.17, 15) is 5.11 Å². The van der Waals surface area contributed by atoms with E-state index in [0.29, 0.717) is 17.8 Å². The Morgan fingerprint density at radius 1 is 1.37 bits per heavy atom. The number of rotatable bonds is 2. The number of nitrogens with two attached hydrogens (primary N) is 1. The summed E-state index contributed by atoms with van der Waals surface area (Å²) < 4.78 is 0. The number of aliphatic hydroxyl groups excluding tert-OH is 1. The van der Waals surface area contributed by atoms with E-state index in [1.807, 2.05) is 12.1 Å². The molecule has 2 fully saturated rings. The minimum absolute atomic E-state index is 0.0288. The Kier molecular flexibility index (Phi) is 3.02. The summed E-state index contributed by atoms with van der Waals surface area (Å²) in [7, 11) is 0. The quantitative estimate of drug-likeness (QED) is 0.315. The molecule has 0 saturated carbocycles. The maximum absolute atomic E-state index is 9.85. The molecule has 0 aliphatic carbocycles. The van der Waals surface area contributed by atoms with Gasteiger partial charge >= 0.3 is 0 Å². The monoisotopic (exact) mass is 262 g/mol. The Morgan fingerprint density at radius 3 is 2.68 bits per heavy atom. The van der Waals surface area contributed by atoms with Crippen molar-refractivity contribution in [2.24, 2.45) is 10.9 Å². The van der Waals surface area contributed by atoms with Crippen molar-refractivity contribution in [3.8, 4) is 0 Å². The largest absolute Gasteiger partial charge is 0.409 e. The van der Waals surface area contributed by atoms with Gasteiger partial charge in [0.05, 0.1) is 11.8 Å². The molecule has 2 saturated heterocycles. The maximum atomic E-state index is 9.85. The molecule has 2 aliphatic heterocycles. The van der Waals surface area contributed by atoms with Crippen molar-refractivity contribution in [1.29, 1.82) is 0 Å². The van der Waals surface area contributed by atoms with Crippen LogP contribution in [0.5, 0.6) is 0 Å². The van der Waals surface area contributed by atoms with Crippen molar-refractivity contribution >= 4 is 11.5 Å². The van der Waals surface area contributed by atoms with Gasteiger partial charge in [-0.15, -0.1) is 0 Å². The fraction of sp³-hybridized carbons (Fsp3) is 0.538. The van der Waals surface area contributed by atoms with Crippen molar-refractivity contribution < 1.29 is 10.3 Å². The van der Waals surface area contributed by atoms with Crippen molar-refractivity contribution in [3.05, 3.63) is 24.0 Å². The van der Waals surface area contributed by atoms with Crippen molar-refractivity contribution in [2.75, 3.05) is 4.90 Å². The molecule has 3 heterocycles. The van der Waals surface area contributed by atoms with Crippen LogP contribution >= 0.6 is 0 Å². The van der Waals surface area contributed by atoms with Gasteiger partial charge in [0.25, 0.3) is 0 Å². The summed E-state index contributed by atoms with van der Waals surface area (Å²) >= 11 is 0. The second-order valence-electron chi connectivity index (χ2n) is 5.27. The second-order valence-corrected chi connectivity index (χ2v) is 5.27. The molecule has 2 bridgehead atoms. The molecule has 3 rings (SSSR count). The van der Waals surface area contributed by atoms with Crippen LogP contribution < -0.4 is 10.6 Å². The average molecular weight is 262 g/mol. The van der Waals surface area contributed by atoms with E-state index in [0.717, 1.165) is 31.4 Å². The molecule has 2 atom stereocenters. The molecule has 4 N–H and O–H groups in total. The predicted octanol–water partition coefficient (Wildman–Crippen LogP) is 0.668. The molecule has 19 heavy (non-hydrogen) atoms. The molecule has 2 aliphatic rings. The highest BCUT2D eigenvalue weighted by atomic mass is 16.4. The minimum Gasteiger partial charge on any atom is -0.409 e. The fourth-order valence-electron chi connectivity index (χ4n) is 3.39. The van der Waals surface area contributed by atoms with Crippen molar-refractivity contribution in [3.63, 3.8) is 0 Å². The Morgan fingerprint density at radius 2 is 2.05 bits per heavy atom. The molecule has 0 amide bonds. The average Bonchev–Trinajstić information content (AvgIpc) is 2.70. The van der Waals surface area contributed by atoms with Crippen LogP contribution in [0.2, 0.25) is 0 Å². The Bertz CT molecular complexity index is 491. The van der Waals surface area contributed by atoms with Gasteiger partial charge < -0.3 is 20.9 Å². The number of anilines is 1. The summed E-state index contributed by atoms with van der Waals surface area (Å²) in [6.07, 6.45) is 5.13. The second kappa shape index (κ2) is 4.70. The topological polar surface area (TPSA) is 95.0 Å². The van der Waals surface area contributed by atoms with E-state index in [4.69, 9.17) is 10.9 Å². The van der Waals surface area contributed by atoms with Crippen LogP contribution in [0.1, 0.15) is 31.4 Å². The number of nitrogens with zero attached hydrogens (tertiary/aromatic N) is 3. The van der Waals surface area contributed by atoms with Gasteiger partial charge in [-0.3, -0.25) is 4.98 Å². The van der Waals surface area contributed by atoms with Gasteiger partial charge in [0, 0.05) is 18.3 Å². The van der Waals surface area contributed by atoms with Crippen LogP contribution in [0.15, 0.2) is 23.5 Å². The van der Waals surface area contributed by atoms with E-state index in [1.165, 1.54) is 0 Å². The predicted molar refractivity (Wildman–Crippen MR) is 71.3 cm³/mol. The number of hydrogen-bond donors (Lipinski definition) is 3. The molecule has 0 radical (unpaired) electrons. The van der Waals surface area contributed by atoms with Crippen LogP contribution in [-0.2, 0) is 0 Å². The highest BCUT2D eigenvalue weighted by Gasteiger charge is 2.41. The van der Waals surface area contributed by atoms with E-state index in [1.54, 1.807) is 6.20 Å². The molecule has 1 aromatic heterocycles. The number of amidine groups is 1. The van der Waals surface area contributed by atoms with Gasteiger partial charge in [0.1, 0.15) is 5.69 Å². The molecular weight excluding hydrogens is 244 g/mol. The first-order chi connectivity index (χ1) is 9.20. The number of hydrogen-bond acceptors (Lipinski definition) is 5. The van der Waals surface area contributed by atoms with Gasteiger partial charge in [-0.25, -0.2) is 0 Å². The molecule has 2 unspecified atom stereocenters. The lowest BCUT2D eigenvalue weighted by Crippen LogP contribution is -2.45. The summed E-state index contributed by atoms with van der Waals surface area (Å²) in [5.41, 5.74) is 7.11. The lowest BCUT2D eigenvalue weighted by Gasteiger charge is -2.39. The highest BCUT2D eigenvalue weighted by molar-refractivity contribution is 6.00. The van der Waals surface area contributed by atoms with Gasteiger partial charge in [-0.1, -0.05) is 5.16 Å². The lowest BCUT2D eigenvalue weighted by atomic mass is 9.98. The van der Waals surface area contributed by atoms with Crippen LogP contribution in [0.4, 0.5) is 5.69 Å². The van der Waals surface area contributed by atoms with E-state index < -0.39 is 0 Å². The van der Waals surface area contributed by atoms with Gasteiger partial charge in [-0.2, -0.15) is 0 Å². The fourth-order valence-corrected chi connectivity index (χ4v) is 3.39. The third-order valence-corrected chi connectivity index (χ3v) is 4.12. The molecule has 102 valence electrons. The van der Waals surface area contributed by atoms with Gasteiger partial charge in [0.15, 0.2) is 5.84 Å². The Hall–Kier alpha value is -1.82. The summed E-state index contributed by atoms with van der Waals surface area (Å²) in [6.45, 7) is 0. The summed E-state index contributed by atoms with van der Waals surface area (Å²) in [5, 5.41) is 21.8. The first kappa shape index (κ1) is 12.2. The molecule has 0 spiro atoms. The molecular formula is C13H18N4O2. The number of fused-ring (bicyclic) bond motifs is 2. The van der Waals surface area contributed by atoms with E-state index >= 15 is 0 Å². The van der Waals surface area contributed by atoms with Crippen molar-refractivity contribution in [1.82, 2.24) is 4.98 Å². The Balaban J connectivity index is 1.99. The number of aromatic nitrogens is 1. The van der Waals surface area contributed by atoms with E-state index in [2.05, 4.69) is 15.0 Å². The first-order valence-corrected chi connectivity index (χ1v) is 6.60. The number of pyridine rings is 1. The lowest BCUT2D eigenvalue weighted by molar-refractivity contribution is 0.126. The highest BCUT2D eigenvalue weighted by Crippen LogP contribution is 2.40. The molecule has 0 aromatic carbocycles. The number of piperidine rings is 1. The summed E-state index contributed by atoms with van der Waals surface area (Å²) in [5.74, 6) is 0.0288. The summed E-state index contributed by atoms with van der Waals surface area (Å²) in [6, 6.07) is 4.45. The van der Waals surface area contributed by atoms with Crippen LogP contribution in [-0.4, -0.2) is 39.3 Å². The normalized spacial score (nSPS) is 30.7. The minimum atomic E-state index is -0.210. The maximum Gasteiger partial charge on any atom is 0.190 e. The summed E-state index contributed by atoms with van der Waals surface area (Å²) in [4.78, 5) is 6.51. The van der Waals surface area contributed by atoms with Gasteiger partial charge in [-0.05, 0) is 37.8 Å². The molecule has 6 heteroatoms. The zero-order chi connectivity index (χ0) is 13.4. The third-order valence-electron chi connectivity index (χ3n) is 4.12.